The maximum atomic E-state index is 12.5. The molecule has 0 saturated heterocycles. The van der Waals surface area contributed by atoms with E-state index in [1.807, 2.05) is 57.2 Å². The van der Waals surface area contributed by atoms with Gasteiger partial charge in [0.15, 0.2) is 5.16 Å². The normalized spacial score (nSPS) is 10.9. The van der Waals surface area contributed by atoms with Crippen LogP contribution in [0.2, 0.25) is 0 Å². The highest BCUT2D eigenvalue weighted by Gasteiger charge is 2.12. The van der Waals surface area contributed by atoms with Gasteiger partial charge >= 0.3 is 0 Å². The lowest BCUT2D eigenvalue weighted by Crippen LogP contribution is -2.21. The maximum Gasteiger partial charge on any atom is 0.261 e. The molecule has 0 fully saturated rings. The minimum atomic E-state index is -0.123. The van der Waals surface area contributed by atoms with Crippen LogP contribution in [0.1, 0.15) is 16.7 Å². The molecule has 0 spiro atoms. The summed E-state index contributed by atoms with van der Waals surface area (Å²) in [5.74, 6) is 0.0624. The number of nitrogens with one attached hydrogen (secondary N) is 1. The first-order valence-electron chi connectivity index (χ1n) is 8.32. The zero-order chi connectivity index (χ0) is 18.8. The molecule has 0 saturated carbocycles. The Morgan fingerprint density at radius 2 is 1.81 bits per heavy atom. The van der Waals surface area contributed by atoms with E-state index in [9.17, 15) is 9.59 Å². The van der Waals surface area contributed by atoms with Crippen molar-refractivity contribution in [2.24, 2.45) is 7.05 Å². The van der Waals surface area contributed by atoms with Gasteiger partial charge < -0.3 is 5.32 Å². The molecule has 3 rings (SSSR count). The van der Waals surface area contributed by atoms with Crippen LogP contribution in [0.3, 0.4) is 0 Å². The van der Waals surface area contributed by atoms with Gasteiger partial charge in [0.25, 0.3) is 5.56 Å². The molecule has 2 aromatic carbocycles. The summed E-state index contributed by atoms with van der Waals surface area (Å²) in [4.78, 5) is 29.4. The van der Waals surface area contributed by atoms with Crippen molar-refractivity contribution in [1.29, 1.82) is 0 Å². The van der Waals surface area contributed by atoms with E-state index in [0.29, 0.717) is 16.1 Å². The van der Waals surface area contributed by atoms with Crippen molar-refractivity contribution in [2.75, 3.05) is 11.1 Å². The van der Waals surface area contributed by atoms with Crippen LogP contribution in [-0.2, 0) is 11.8 Å². The highest BCUT2D eigenvalue weighted by atomic mass is 32.2. The molecule has 26 heavy (non-hydrogen) atoms. The van der Waals surface area contributed by atoms with Crippen molar-refractivity contribution < 1.29 is 4.79 Å². The number of amides is 1. The number of rotatable bonds is 4. The van der Waals surface area contributed by atoms with Crippen molar-refractivity contribution >= 4 is 34.3 Å². The van der Waals surface area contributed by atoms with Crippen LogP contribution in [0, 0.1) is 20.8 Å². The Morgan fingerprint density at radius 3 is 2.58 bits per heavy atom. The summed E-state index contributed by atoms with van der Waals surface area (Å²) < 4.78 is 1.50. The van der Waals surface area contributed by atoms with Gasteiger partial charge in [-0.2, -0.15) is 0 Å². The predicted molar refractivity (Wildman–Crippen MR) is 107 cm³/mol. The van der Waals surface area contributed by atoms with Crippen molar-refractivity contribution in [3.05, 3.63) is 63.4 Å². The Morgan fingerprint density at radius 1 is 1.12 bits per heavy atom. The summed E-state index contributed by atoms with van der Waals surface area (Å²) in [6, 6.07) is 11.5. The third-order valence-corrected chi connectivity index (χ3v) is 5.22. The number of benzene rings is 2. The van der Waals surface area contributed by atoms with Crippen molar-refractivity contribution in [3.63, 3.8) is 0 Å². The number of thioether (sulfide) groups is 1. The molecule has 1 amide bonds. The smallest absolute Gasteiger partial charge is 0.261 e. The summed E-state index contributed by atoms with van der Waals surface area (Å²) in [6.07, 6.45) is 0. The predicted octanol–water partition coefficient (Wildman–Crippen LogP) is 3.59. The van der Waals surface area contributed by atoms with Crippen LogP contribution >= 0.6 is 11.8 Å². The lowest BCUT2D eigenvalue weighted by molar-refractivity contribution is -0.113. The number of hydrogen-bond donors (Lipinski definition) is 1. The van der Waals surface area contributed by atoms with E-state index in [2.05, 4.69) is 10.3 Å². The Hall–Kier alpha value is -2.60. The van der Waals surface area contributed by atoms with Gasteiger partial charge in [-0.25, -0.2) is 4.98 Å². The zero-order valence-electron chi connectivity index (χ0n) is 15.3. The Bertz CT molecular complexity index is 1060. The lowest BCUT2D eigenvalue weighted by Gasteiger charge is -2.11. The van der Waals surface area contributed by atoms with E-state index in [-0.39, 0.29) is 17.2 Å². The first-order chi connectivity index (χ1) is 12.3. The molecule has 0 aliphatic carbocycles. The van der Waals surface area contributed by atoms with E-state index in [0.717, 1.165) is 22.4 Å². The van der Waals surface area contributed by atoms with Gasteiger partial charge in [-0.05, 0) is 50.1 Å². The number of carbonyl (C=O) groups is 1. The number of aromatic nitrogens is 2. The number of aryl methyl sites for hydroxylation is 3. The second-order valence-electron chi connectivity index (χ2n) is 6.43. The molecule has 1 heterocycles. The van der Waals surface area contributed by atoms with Crippen molar-refractivity contribution in [2.45, 2.75) is 25.9 Å². The fraction of sp³-hybridized carbons (Fsp3) is 0.250. The molecular formula is C20H21N3O2S. The van der Waals surface area contributed by atoms with Crippen molar-refractivity contribution in [3.8, 4) is 0 Å². The van der Waals surface area contributed by atoms with Gasteiger partial charge in [-0.15, -0.1) is 0 Å². The highest BCUT2D eigenvalue weighted by Crippen LogP contribution is 2.20. The third kappa shape index (κ3) is 3.80. The average molecular weight is 367 g/mol. The molecule has 0 bridgehead atoms. The Kier molecular flexibility index (Phi) is 5.13. The third-order valence-electron chi connectivity index (χ3n) is 4.19. The first kappa shape index (κ1) is 18.2. The molecule has 1 N–H and O–H groups in total. The Labute approximate surface area is 156 Å². The minimum Gasteiger partial charge on any atom is -0.325 e. The van der Waals surface area contributed by atoms with Crippen LogP contribution < -0.4 is 10.9 Å². The van der Waals surface area contributed by atoms with Gasteiger partial charge in [-0.3, -0.25) is 14.2 Å². The fourth-order valence-corrected chi connectivity index (χ4v) is 3.45. The van der Waals surface area contributed by atoms with E-state index in [4.69, 9.17) is 0 Å². The minimum absolute atomic E-state index is 0.101. The van der Waals surface area contributed by atoms with Crippen LogP contribution in [0.4, 0.5) is 5.69 Å². The molecule has 0 unspecified atom stereocenters. The largest absolute Gasteiger partial charge is 0.325 e. The molecule has 6 heteroatoms. The number of hydrogen-bond acceptors (Lipinski definition) is 4. The van der Waals surface area contributed by atoms with Crippen LogP contribution in [-0.4, -0.2) is 21.2 Å². The average Bonchev–Trinajstić information content (AvgIpc) is 2.60. The van der Waals surface area contributed by atoms with Crippen LogP contribution in [0.15, 0.2) is 46.3 Å². The molecule has 134 valence electrons. The highest BCUT2D eigenvalue weighted by molar-refractivity contribution is 7.99. The standard InChI is InChI=1S/C20H21N3O2S/c1-12-6-8-16-15(9-12)19(25)23(4)20(22-16)26-11-18(24)21-17-10-13(2)5-7-14(17)3/h5-10H,11H2,1-4H3,(H,21,24). The molecule has 0 aliphatic rings. The molecule has 5 nitrogen and oxygen atoms in total. The van der Waals surface area contributed by atoms with E-state index >= 15 is 0 Å². The zero-order valence-corrected chi connectivity index (χ0v) is 16.1. The van der Waals surface area contributed by atoms with E-state index in [1.165, 1.54) is 16.3 Å². The van der Waals surface area contributed by atoms with E-state index < -0.39 is 0 Å². The molecule has 0 aliphatic heterocycles. The molecule has 3 aromatic rings. The summed E-state index contributed by atoms with van der Waals surface area (Å²) >= 11 is 1.26. The number of fused-ring (bicyclic) bond motifs is 1. The maximum absolute atomic E-state index is 12.5. The fourth-order valence-electron chi connectivity index (χ4n) is 2.68. The first-order valence-corrected chi connectivity index (χ1v) is 9.31. The summed E-state index contributed by atoms with van der Waals surface area (Å²) in [5.41, 5.74) is 4.48. The topological polar surface area (TPSA) is 64.0 Å². The molecular weight excluding hydrogens is 346 g/mol. The van der Waals surface area contributed by atoms with Gasteiger partial charge in [0, 0.05) is 12.7 Å². The number of nitrogens with zero attached hydrogens (tertiary/aromatic N) is 2. The summed E-state index contributed by atoms with van der Waals surface area (Å²) in [5, 5.41) is 4.05. The van der Waals surface area contributed by atoms with Gasteiger partial charge in [0.05, 0.1) is 16.7 Å². The quantitative estimate of drug-likeness (QED) is 0.565. The van der Waals surface area contributed by atoms with Gasteiger partial charge in [0.1, 0.15) is 0 Å². The number of carbonyl (C=O) groups excluding carboxylic acids is 1. The Balaban J connectivity index is 1.78. The van der Waals surface area contributed by atoms with Gasteiger partial charge in [-0.1, -0.05) is 35.5 Å². The lowest BCUT2D eigenvalue weighted by atomic mass is 10.1. The second-order valence-corrected chi connectivity index (χ2v) is 7.38. The molecule has 0 radical (unpaired) electrons. The second kappa shape index (κ2) is 7.33. The SMILES string of the molecule is Cc1ccc(C)c(NC(=O)CSc2nc3ccc(C)cc3c(=O)n2C)c1. The number of anilines is 1. The van der Waals surface area contributed by atoms with Crippen LogP contribution in [0.5, 0.6) is 0 Å². The van der Waals surface area contributed by atoms with Crippen molar-refractivity contribution in [1.82, 2.24) is 9.55 Å². The van der Waals surface area contributed by atoms with Gasteiger partial charge in [0.2, 0.25) is 5.91 Å². The monoisotopic (exact) mass is 367 g/mol. The summed E-state index contributed by atoms with van der Waals surface area (Å²) in [6.45, 7) is 5.89. The molecule has 1 aromatic heterocycles. The van der Waals surface area contributed by atoms with Crippen LogP contribution in [0.25, 0.3) is 10.9 Å². The van der Waals surface area contributed by atoms with E-state index in [1.54, 1.807) is 7.05 Å². The summed E-state index contributed by atoms with van der Waals surface area (Å²) in [7, 11) is 1.68. The molecule has 0 atom stereocenters.